The Bertz CT molecular complexity index is 996. The fourth-order valence-corrected chi connectivity index (χ4v) is 5.82. The molecule has 0 N–H and O–H groups in total. The second-order valence-electron chi connectivity index (χ2n) is 9.10. The van der Waals surface area contributed by atoms with Crippen LogP contribution in [0.4, 0.5) is 4.79 Å². The molecule has 2 fully saturated rings. The maximum absolute atomic E-state index is 13.1. The van der Waals surface area contributed by atoms with E-state index in [1.165, 1.54) is 22.3 Å². The van der Waals surface area contributed by atoms with Crippen LogP contribution in [0.3, 0.4) is 0 Å². The zero-order valence-corrected chi connectivity index (χ0v) is 18.2. The number of carbonyl (C=O) groups is 2. The first-order chi connectivity index (χ1) is 15.1. The minimum atomic E-state index is -0.219. The van der Waals surface area contributed by atoms with Crippen LogP contribution in [-0.2, 0) is 9.53 Å². The number of rotatable bonds is 4. The monoisotopic (exact) mass is 415 g/mol. The van der Waals surface area contributed by atoms with Crippen LogP contribution >= 0.6 is 0 Å². The Kier molecular flexibility index (Phi) is 5.17. The first kappa shape index (κ1) is 20.0. The van der Waals surface area contributed by atoms with E-state index in [1.54, 1.807) is 0 Å². The Balaban J connectivity index is 1.29. The van der Waals surface area contributed by atoms with Crippen LogP contribution in [0.5, 0.6) is 0 Å². The molecule has 2 unspecified atom stereocenters. The molecule has 5 rings (SSSR count). The molecule has 1 aliphatic carbocycles. The number of ether oxygens (including phenoxy) is 1. The molecule has 4 nitrogen and oxygen atoms in total. The van der Waals surface area contributed by atoms with E-state index >= 15 is 0 Å². The Morgan fingerprint density at radius 2 is 1.52 bits per heavy atom. The molecule has 1 amide bonds. The maximum atomic E-state index is 13.1. The minimum Gasteiger partial charge on any atom is -0.448 e. The molecule has 31 heavy (non-hydrogen) atoms. The number of amides is 1. The van der Waals surface area contributed by atoms with Gasteiger partial charge < -0.3 is 9.64 Å². The molecule has 3 aliphatic rings. The van der Waals surface area contributed by atoms with Gasteiger partial charge in [-0.05, 0) is 67.4 Å². The number of benzene rings is 2. The summed E-state index contributed by atoms with van der Waals surface area (Å²) in [6.45, 7) is 4.15. The van der Waals surface area contributed by atoms with Crippen LogP contribution in [0.25, 0.3) is 11.1 Å². The lowest BCUT2D eigenvalue weighted by atomic mass is 9.85. The predicted molar refractivity (Wildman–Crippen MR) is 121 cm³/mol. The van der Waals surface area contributed by atoms with Crippen molar-refractivity contribution in [2.45, 2.75) is 57.5 Å². The first-order valence-corrected chi connectivity index (χ1v) is 11.4. The maximum Gasteiger partial charge on any atom is 0.410 e. The number of carbonyl (C=O) groups excluding carboxylic acids is 2. The van der Waals surface area contributed by atoms with E-state index in [4.69, 9.17) is 4.74 Å². The number of nitrogens with zero attached hydrogens (tertiary/aromatic N) is 1. The van der Waals surface area contributed by atoms with Crippen LogP contribution in [-0.4, -0.2) is 35.5 Å². The molecule has 2 saturated heterocycles. The van der Waals surface area contributed by atoms with Crippen molar-refractivity contribution in [3.63, 3.8) is 0 Å². The van der Waals surface area contributed by atoms with Gasteiger partial charge in [0.2, 0.25) is 0 Å². The van der Waals surface area contributed by atoms with Crippen LogP contribution in [0.2, 0.25) is 0 Å². The quantitative estimate of drug-likeness (QED) is 0.601. The highest BCUT2D eigenvalue weighted by Crippen LogP contribution is 2.45. The summed E-state index contributed by atoms with van der Waals surface area (Å²) < 4.78 is 5.92. The molecular weight excluding hydrogens is 386 g/mol. The van der Waals surface area contributed by atoms with E-state index in [0.29, 0.717) is 6.61 Å². The first-order valence-electron chi connectivity index (χ1n) is 11.4. The lowest BCUT2D eigenvalue weighted by molar-refractivity contribution is -0.121. The van der Waals surface area contributed by atoms with E-state index in [2.05, 4.69) is 36.4 Å². The van der Waals surface area contributed by atoms with Gasteiger partial charge in [0.25, 0.3) is 0 Å². The smallest absolute Gasteiger partial charge is 0.410 e. The molecule has 0 spiro atoms. The van der Waals surface area contributed by atoms with Crippen LogP contribution in [0.15, 0.2) is 60.2 Å². The Morgan fingerprint density at radius 1 is 0.968 bits per heavy atom. The Labute approximate surface area is 183 Å². The summed E-state index contributed by atoms with van der Waals surface area (Å²) in [5.41, 5.74) is 5.76. The molecule has 2 atom stereocenters. The van der Waals surface area contributed by atoms with Crippen molar-refractivity contribution >= 4 is 11.9 Å². The summed E-state index contributed by atoms with van der Waals surface area (Å²) in [7, 11) is 0. The van der Waals surface area contributed by atoms with Gasteiger partial charge in [0.1, 0.15) is 6.61 Å². The molecule has 0 radical (unpaired) electrons. The predicted octanol–water partition coefficient (Wildman–Crippen LogP) is 5.71. The van der Waals surface area contributed by atoms with E-state index in [1.807, 2.05) is 37.0 Å². The highest BCUT2D eigenvalue weighted by molar-refractivity contribution is 5.96. The third-order valence-electron chi connectivity index (χ3n) is 7.47. The number of ketones is 1. The van der Waals surface area contributed by atoms with E-state index in [-0.39, 0.29) is 35.8 Å². The normalized spacial score (nSPS) is 24.6. The summed E-state index contributed by atoms with van der Waals surface area (Å²) in [5.74, 6) is 0.350. The van der Waals surface area contributed by atoms with Gasteiger partial charge in [-0.1, -0.05) is 54.6 Å². The molecular formula is C27H29NO3. The molecule has 160 valence electrons. The van der Waals surface area contributed by atoms with Crippen molar-refractivity contribution in [2.24, 2.45) is 5.92 Å². The summed E-state index contributed by atoms with van der Waals surface area (Å²) in [4.78, 5) is 27.7. The molecule has 0 aromatic heterocycles. The number of hydrogen-bond acceptors (Lipinski definition) is 3. The van der Waals surface area contributed by atoms with Crippen molar-refractivity contribution in [1.29, 1.82) is 0 Å². The van der Waals surface area contributed by atoms with Crippen LogP contribution < -0.4 is 0 Å². The summed E-state index contributed by atoms with van der Waals surface area (Å²) in [6, 6.07) is 17.0. The van der Waals surface area contributed by atoms with Gasteiger partial charge >= 0.3 is 6.09 Å². The SMILES string of the molecule is CC=C(C)C(=O)C1CC2CCC(C1)N2C(=O)OCC1c2ccccc2-c2ccccc21. The minimum absolute atomic E-state index is 0.0336. The number of fused-ring (bicyclic) bond motifs is 5. The third-order valence-corrected chi connectivity index (χ3v) is 7.47. The summed E-state index contributed by atoms with van der Waals surface area (Å²) >= 11 is 0. The molecule has 2 aromatic rings. The molecule has 2 bridgehead atoms. The van der Waals surface area contributed by atoms with Crippen molar-refractivity contribution in [2.75, 3.05) is 6.61 Å². The zero-order chi connectivity index (χ0) is 21.5. The van der Waals surface area contributed by atoms with Crippen molar-refractivity contribution in [3.05, 3.63) is 71.3 Å². The van der Waals surface area contributed by atoms with Crippen LogP contribution in [0.1, 0.15) is 56.6 Å². The number of Topliss-reactive ketones (excluding diaryl/α,β-unsaturated/α-hetero) is 1. The highest BCUT2D eigenvalue weighted by Gasteiger charge is 2.46. The van der Waals surface area contributed by atoms with Gasteiger partial charge in [0.15, 0.2) is 5.78 Å². The van der Waals surface area contributed by atoms with Gasteiger partial charge in [0, 0.05) is 23.9 Å². The van der Waals surface area contributed by atoms with Gasteiger partial charge in [-0.2, -0.15) is 0 Å². The number of hydrogen-bond donors (Lipinski definition) is 0. The van der Waals surface area contributed by atoms with E-state index < -0.39 is 0 Å². The lowest BCUT2D eigenvalue weighted by Gasteiger charge is -2.37. The molecule has 2 heterocycles. The van der Waals surface area contributed by atoms with Gasteiger partial charge in [0.05, 0.1) is 0 Å². The number of piperidine rings is 1. The van der Waals surface area contributed by atoms with Crippen LogP contribution in [0, 0.1) is 5.92 Å². The highest BCUT2D eigenvalue weighted by atomic mass is 16.6. The fraction of sp³-hybridized carbons (Fsp3) is 0.407. The van der Waals surface area contributed by atoms with Crippen molar-refractivity contribution in [3.8, 4) is 11.1 Å². The second kappa shape index (κ2) is 7.99. The molecule has 0 saturated carbocycles. The fourth-order valence-electron chi connectivity index (χ4n) is 5.82. The second-order valence-corrected chi connectivity index (χ2v) is 9.10. The average molecular weight is 416 g/mol. The third kappa shape index (κ3) is 3.38. The average Bonchev–Trinajstić information content (AvgIpc) is 3.27. The summed E-state index contributed by atoms with van der Waals surface area (Å²) in [6.07, 6.45) is 5.11. The van der Waals surface area contributed by atoms with Gasteiger partial charge in [-0.3, -0.25) is 4.79 Å². The van der Waals surface area contributed by atoms with E-state index in [0.717, 1.165) is 31.3 Å². The Hall–Kier alpha value is -2.88. The van der Waals surface area contributed by atoms with Crippen molar-refractivity contribution in [1.82, 2.24) is 4.90 Å². The summed E-state index contributed by atoms with van der Waals surface area (Å²) in [5, 5.41) is 0. The largest absolute Gasteiger partial charge is 0.448 e. The van der Waals surface area contributed by atoms with Gasteiger partial charge in [-0.25, -0.2) is 4.79 Å². The van der Waals surface area contributed by atoms with Crippen molar-refractivity contribution < 1.29 is 14.3 Å². The Morgan fingerprint density at radius 3 is 2.06 bits per heavy atom. The van der Waals surface area contributed by atoms with Gasteiger partial charge in [-0.15, -0.1) is 0 Å². The standard InChI is InChI=1S/C27H29NO3/c1-3-17(2)26(29)18-14-19-12-13-20(15-18)28(19)27(30)31-16-25-23-10-6-4-8-21(23)22-9-5-7-11-24(22)25/h3-11,18-20,25H,12-16H2,1-2H3. The number of allylic oxidation sites excluding steroid dienone is 2. The zero-order valence-electron chi connectivity index (χ0n) is 18.2. The lowest BCUT2D eigenvalue weighted by Crippen LogP contribution is -2.48. The topological polar surface area (TPSA) is 46.6 Å². The molecule has 2 aromatic carbocycles. The molecule has 2 aliphatic heterocycles. The molecule has 4 heteroatoms. The van der Waals surface area contributed by atoms with E-state index in [9.17, 15) is 9.59 Å².